The molecule has 25 heavy (non-hydrogen) atoms. The highest BCUT2D eigenvalue weighted by atomic mass is 19.1. The van der Waals surface area contributed by atoms with Crippen LogP contribution in [0.15, 0.2) is 59.2 Å². The molecule has 2 aromatic carbocycles. The molecule has 0 aliphatic carbocycles. The number of hydrogen-bond donors (Lipinski definition) is 1. The smallest absolute Gasteiger partial charge is 0.275 e. The fourth-order valence-corrected chi connectivity index (χ4v) is 2.58. The van der Waals surface area contributed by atoms with Crippen LogP contribution in [0.25, 0.3) is 6.08 Å². The molecule has 0 radical (unpaired) electrons. The zero-order valence-electron chi connectivity index (χ0n) is 14.0. The maximum absolute atomic E-state index is 13.2. The first-order valence-electron chi connectivity index (χ1n) is 8.22. The predicted octanol–water partition coefficient (Wildman–Crippen LogP) is 3.73. The predicted molar refractivity (Wildman–Crippen MR) is 95.9 cm³/mol. The van der Waals surface area contributed by atoms with Gasteiger partial charge in [-0.1, -0.05) is 24.3 Å². The lowest BCUT2D eigenvalue weighted by molar-refractivity contribution is -0.115. The Balaban J connectivity index is 1.67. The SMILES string of the molecule is CCOc1ccc(/C=C2/N=C(CCc3cccc(F)c3)NC2=O)cc1. The summed E-state index contributed by atoms with van der Waals surface area (Å²) in [4.78, 5) is 16.4. The van der Waals surface area contributed by atoms with Crippen LogP contribution in [0.5, 0.6) is 5.75 Å². The van der Waals surface area contributed by atoms with Crippen LogP contribution in [-0.4, -0.2) is 18.3 Å². The molecule has 0 bridgehead atoms. The summed E-state index contributed by atoms with van der Waals surface area (Å²) in [6.45, 7) is 2.54. The summed E-state index contributed by atoms with van der Waals surface area (Å²) in [7, 11) is 0. The number of amides is 1. The molecule has 1 heterocycles. The molecule has 0 saturated heterocycles. The molecule has 1 N–H and O–H groups in total. The van der Waals surface area contributed by atoms with Crippen molar-refractivity contribution in [3.05, 3.63) is 71.2 Å². The molecule has 1 aliphatic rings. The number of carbonyl (C=O) groups is 1. The van der Waals surface area contributed by atoms with Crippen LogP contribution in [-0.2, 0) is 11.2 Å². The van der Waals surface area contributed by atoms with Gasteiger partial charge in [-0.05, 0) is 54.8 Å². The van der Waals surface area contributed by atoms with Gasteiger partial charge in [0.15, 0.2) is 0 Å². The third-order valence-corrected chi connectivity index (χ3v) is 3.78. The average Bonchev–Trinajstić information content (AvgIpc) is 2.95. The molecule has 0 atom stereocenters. The Morgan fingerprint density at radius 2 is 1.96 bits per heavy atom. The molecule has 0 saturated carbocycles. The highest BCUT2D eigenvalue weighted by molar-refractivity contribution is 6.14. The lowest BCUT2D eigenvalue weighted by Gasteiger charge is -2.02. The van der Waals surface area contributed by atoms with Crippen molar-refractivity contribution in [1.82, 2.24) is 5.32 Å². The van der Waals surface area contributed by atoms with E-state index in [1.54, 1.807) is 12.1 Å². The Morgan fingerprint density at radius 1 is 1.16 bits per heavy atom. The molecule has 1 amide bonds. The second-order valence-electron chi connectivity index (χ2n) is 5.67. The van der Waals surface area contributed by atoms with Crippen molar-refractivity contribution in [2.45, 2.75) is 19.8 Å². The van der Waals surface area contributed by atoms with Gasteiger partial charge in [0.05, 0.1) is 6.61 Å². The monoisotopic (exact) mass is 338 g/mol. The van der Waals surface area contributed by atoms with Gasteiger partial charge in [0, 0.05) is 6.42 Å². The highest BCUT2D eigenvalue weighted by Gasteiger charge is 2.19. The van der Waals surface area contributed by atoms with Gasteiger partial charge in [-0.25, -0.2) is 9.38 Å². The Hall–Kier alpha value is -2.95. The van der Waals surface area contributed by atoms with E-state index in [4.69, 9.17) is 4.74 Å². The van der Waals surface area contributed by atoms with Crippen LogP contribution >= 0.6 is 0 Å². The Morgan fingerprint density at radius 3 is 2.68 bits per heavy atom. The van der Waals surface area contributed by atoms with Gasteiger partial charge < -0.3 is 10.1 Å². The first kappa shape index (κ1) is 16.9. The van der Waals surface area contributed by atoms with E-state index in [9.17, 15) is 9.18 Å². The van der Waals surface area contributed by atoms with Crippen LogP contribution in [0.1, 0.15) is 24.5 Å². The summed E-state index contributed by atoms with van der Waals surface area (Å²) in [5, 5.41) is 2.77. The zero-order chi connectivity index (χ0) is 17.6. The van der Waals surface area contributed by atoms with Crippen LogP contribution in [0.4, 0.5) is 4.39 Å². The Bertz CT molecular complexity index is 826. The number of rotatable bonds is 6. The van der Waals surface area contributed by atoms with Gasteiger partial charge in [0.1, 0.15) is 23.1 Å². The van der Waals surface area contributed by atoms with E-state index < -0.39 is 0 Å². The summed E-state index contributed by atoms with van der Waals surface area (Å²) in [6.07, 6.45) is 2.91. The van der Waals surface area contributed by atoms with E-state index in [0.717, 1.165) is 16.9 Å². The fourth-order valence-electron chi connectivity index (χ4n) is 2.58. The average molecular weight is 338 g/mol. The molecule has 0 spiro atoms. The van der Waals surface area contributed by atoms with Crippen molar-refractivity contribution < 1.29 is 13.9 Å². The van der Waals surface area contributed by atoms with Crippen molar-refractivity contribution in [2.24, 2.45) is 4.99 Å². The van der Waals surface area contributed by atoms with Gasteiger partial charge in [-0.15, -0.1) is 0 Å². The molecule has 128 valence electrons. The van der Waals surface area contributed by atoms with Crippen molar-refractivity contribution in [3.63, 3.8) is 0 Å². The molecule has 2 aromatic rings. The highest BCUT2D eigenvalue weighted by Crippen LogP contribution is 2.17. The third kappa shape index (κ3) is 4.53. The number of benzene rings is 2. The molecule has 5 heteroatoms. The minimum Gasteiger partial charge on any atom is -0.494 e. The molecule has 0 aromatic heterocycles. The molecule has 3 rings (SSSR count). The number of carbonyl (C=O) groups excluding carboxylic acids is 1. The van der Waals surface area contributed by atoms with E-state index in [2.05, 4.69) is 10.3 Å². The normalized spacial score (nSPS) is 15.2. The molecule has 4 nitrogen and oxygen atoms in total. The number of ether oxygens (including phenoxy) is 1. The maximum atomic E-state index is 13.2. The van der Waals surface area contributed by atoms with E-state index in [1.165, 1.54) is 12.1 Å². The summed E-state index contributed by atoms with van der Waals surface area (Å²) >= 11 is 0. The number of nitrogens with zero attached hydrogens (tertiary/aromatic N) is 1. The first-order valence-corrected chi connectivity index (χ1v) is 8.22. The van der Waals surface area contributed by atoms with E-state index >= 15 is 0 Å². The fraction of sp³-hybridized carbons (Fsp3) is 0.200. The standard InChI is InChI=1S/C20H19FN2O2/c1-2-25-17-9-6-15(7-10-17)13-18-20(24)23-19(22-18)11-8-14-4-3-5-16(21)12-14/h3-7,9-10,12-13H,2,8,11H2,1H3,(H,22,23,24)/b18-13+. The second-order valence-corrected chi connectivity index (χ2v) is 5.67. The molecular formula is C20H19FN2O2. The van der Waals surface area contributed by atoms with Crippen molar-refractivity contribution >= 4 is 17.8 Å². The molecule has 0 fully saturated rings. The van der Waals surface area contributed by atoms with Gasteiger partial charge in [0.2, 0.25) is 0 Å². The zero-order valence-corrected chi connectivity index (χ0v) is 14.0. The topological polar surface area (TPSA) is 50.7 Å². The summed E-state index contributed by atoms with van der Waals surface area (Å²) in [5.74, 6) is 0.917. The first-order chi connectivity index (χ1) is 12.1. The minimum atomic E-state index is -0.258. The van der Waals surface area contributed by atoms with Crippen LogP contribution in [0.3, 0.4) is 0 Å². The molecular weight excluding hydrogens is 319 g/mol. The largest absolute Gasteiger partial charge is 0.494 e. The molecule has 1 aliphatic heterocycles. The van der Waals surface area contributed by atoms with Crippen LogP contribution in [0, 0.1) is 5.82 Å². The maximum Gasteiger partial charge on any atom is 0.275 e. The number of aliphatic imine (C=N–C) groups is 1. The van der Waals surface area contributed by atoms with Gasteiger partial charge in [-0.3, -0.25) is 4.79 Å². The minimum absolute atomic E-state index is 0.219. The molecule has 0 unspecified atom stereocenters. The number of aryl methyl sites for hydroxylation is 1. The van der Waals surface area contributed by atoms with E-state index in [0.29, 0.717) is 31.0 Å². The number of nitrogens with one attached hydrogen (secondary N) is 1. The van der Waals surface area contributed by atoms with E-state index in [-0.39, 0.29) is 11.7 Å². The second kappa shape index (κ2) is 7.75. The van der Waals surface area contributed by atoms with Crippen molar-refractivity contribution in [2.75, 3.05) is 6.61 Å². The van der Waals surface area contributed by atoms with Crippen molar-refractivity contribution in [1.29, 1.82) is 0 Å². The number of hydrogen-bond acceptors (Lipinski definition) is 3. The summed E-state index contributed by atoms with van der Waals surface area (Å²) in [6, 6.07) is 13.9. The third-order valence-electron chi connectivity index (χ3n) is 3.78. The number of halogens is 1. The van der Waals surface area contributed by atoms with Crippen molar-refractivity contribution in [3.8, 4) is 5.75 Å². The Labute approximate surface area is 146 Å². The van der Waals surface area contributed by atoms with E-state index in [1.807, 2.05) is 37.3 Å². The Kier molecular flexibility index (Phi) is 5.23. The lowest BCUT2D eigenvalue weighted by atomic mass is 10.1. The van der Waals surface area contributed by atoms with Gasteiger partial charge >= 0.3 is 0 Å². The van der Waals surface area contributed by atoms with Gasteiger partial charge in [0.25, 0.3) is 5.91 Å². The van der Waals surface area contributed by atoms with Gasteiger partial charge in [-0.2, -0.15) is 0 Å². The summed E-state index contributed by atoms with van der Waals surface area (Å²) in [5.41, 5.74) is 2.13. The number of amidine groups is 1. The van der Waals surface area contributed by atoms with Crippen LogP contribution < -0.4 is 10.1 Å². The summed E-state index contributed by atoms with van der Waals surface area (Å²) < 4.78 is 18.6. The van der Waals surface area contributed by atoms with Crippen LogP contribution in [0.2, 0.25) is 0 Å². The quantitative estimate of drug-likeness (QED) is 0.816. The lowest BCUT2D eigenvalue weighted by Crippen LogP contribution is -2.24.